The van der Waals surface area contributed by atoms with Crippen LogP contribution in [-0.2, 0) is 4.74 Å². The second-order valence-electron chi connectivity index (χ2n) is 5.67. The van der Waals surface area contributed by atoms with E-state index in [4.69, 9.17) is 16.3 Å². The molecule has 2 aromatic rings. The number of halogens is 1. The fourth-order valence-corrected chi connectivity index (χ4v) is 3.03. The van der Waals surface area contributed by atoms with Crippen LogP contribution < -0.4 is 5.32 Å². The van der Waals surface area contributed by atoms with Crippen molar-refractivity contribution in [1.29, 1.82) is 0 Å². The van der Waals surface area contributed by atoms with Crippen LogP contribution in [0.4, 0.5) is 0 Å². The molecule has 0 unspecified atom stereocenters. The van der Waals surface area contributed by atoms with Crippen molar-refractivity contribution in [2.45, 2.75) is 6.04 Å². The van der Waals surface area contributed by atoms with Gasteiger partial charge in [0.15, 0.2) is 0 Å². The number of rotatable bonds is 5. The standard InChI is InChI=1S/C18H20ClN3O2/c19-16-5-1-3-14(11-16)18(23)21-13-17(15-4-2-6-20-12-15)22-7-9-24-10-8-22/h1-6,11-12,17H,7-10,13H2,(H,21,23)/t17-/m0/s1. The van der Waals surface area contributed by atoms with E-state index in [2.05, 4.69) is 15.2 Å². The Hall–Kier alpha value is -1.95. The molecule has 3 rings (SSSR count). The van der Waals surface area contributed by atoms with Crippen LogP contribution in [0.15, 0.2) is 48.8 Å². The molecule has 126 valence electrons. The van der Waals surface area contributed by atoms with Crippen LogP contribution in [0.5, 0.6) is 0 Å². The molecule has 1 aliphatic heterocycles. The van der Waals surface area contributed by atoms with Crippen LogP contribution in [0, 0.1) is 0 Å². The van der Waals surface area contributed by atoms with E-state index in [9.17, 15) is 4.79 Å². The molecule has 1 saturated heterocycles. The van der Waals surface area contributed by atoms with Gasteiger partial charge in [-0.05, 0) is 29.8 Å². The minimum Gasteiger partial charge on any atom is -0.379 e. The van der Waals surface area contributed by atoms with Gasteiger partial charge in [-0.2, -0.15) is 0 Å². The molecule has 1 aromatic carbocycles. The monoisotopic (exact) mass is 345 g/mol. The van der Waals surface area contributed by atoms with Crippen LogP contribution in [-0.4, -0.2) is 48.6 Å². The Morgan fingerprint density at radius 3 is 2.83 bits per heavy atom. The first-order chi connectivity index (χ1) is 11.7. The van der Waals surface area contributed by atoms with E-state index < -0.39 is 0 Å². The normalized spacial score (nSPS) is 16.5. The third-order valence-electron chi connectivity index (χ3n) is 4.10. The summed E-state index contributed by atoms with van der Waals surface area (Å²) in [4.78, 5) is 18.9. The summed E-state index contributed by atoms with van der Waals surface area (Å²) in [6.07, 6.45) is 3.61. The third-order valence-corrected chi connectivity index (χ3v) is 4.33. The summed E-state index contributed by atoms with van der Waals surface area (Å²) in [6.45, 7) is 3.61. The van der Waals surface area contributed by atoms with Crippen molar-refractivity contribution >= 4 is 17.5 Å². The van der Waals surface area contributed by atoms with E-state index in [0.717, 1.165) is 18.7 Å². The van der Waals surface area contributed by atoms with Gasteiger partial charge in [-0.1, -0.05) is 23.7 Å². The molecule has 1 N–H and O–H groups in total. The van der Waals surface area contributed by atoms with Crippen LogP contribution in [0.3, 0.4) is 0 Å². The smallest absolute Gasteiger partial charge is 0.251 e. The lowest BCUT2D eigenvalue weighted by atomic mass is 10.1. The molecule has 5 nitrogen and oxygen atoms in total. The first kappa shape index (κ1) is 16.9. The first-order valence-corrected chi connectivity index (χ1v) is 8.37. The van der Waals surface area contributed by atoms with Crippen molar-refractivity contribution in [3.8, 4) is 0 Å². The zero-order chi connectivity index (χ0) is 16.8. The maximum absolute atomic E-state index is 12.4. The lowest BCUT2D eigenvalue weighted by Crippen LogP contribution is -2.43. The Bertz CT molecular complexity index is 675. The van der Waals surface area contributed by atoms with Crippen molar-refractivity contribution in [3.05, 3.63) is 64.9 Å². The van der Waals surface area contributed by atoms with E-state index in [1.165, 1.54) is 0 Å². The highest BCUT2D eigenvalue weighted by atomic mass is 35.5. The molecule has 1 aliphatic rings. The van der Waals surface area contributed by atoms with Crippen molar-refractivity contribution in [1.82, 2.24) is 15.2 Å². The topological polar surface area (TPSA) is 54.5 Å². The van der Waals surface area contributed by atoms with Crippen molar-refractivity contribution in [3.63, 3.8) is 0 Å². The van der Waals surface area contributed by atoms with Crippen LogP contribution in [0.2, 0.25) is 5.02 Å². The second-order valence-corrected chi connectivity index (χ2v) is 6.11. The summed E-state index contributed by atoms with van der Waals surface area (Å²) in [6, 6.07) is 11.0. The quantitative estimate of drug-likeness (QED) is 0.904. The van der Waals surface area contributed by atoms with Gasteiger partial charge >= 0.3 is 0 Å². The molecular weight excluding hydrogens is 326 g/mol. The lowest BCUT2D eigenvalue weighted by molar-refractivity contribution is 0.0161. The fraction of sp³-hybridized carbons (Fsp3) is 0.333. The summed E-state index contributed by atoms with van der Waals surface area (Å²) >= 11 is 5.96. The maximum atomic E-state index is 12.4. The number of benzene rings is 1. The van der Waals surface area contributed by atoms with Gasteiger partial charge in [0, 0.05) is 42.6 Å². The van der Waals surface area contributed by atoms with Crippen LogP contribution >= 0.6 is 11.6 Å². The molecule has 0 radical (unpaired) electrons. The lowest BCUT2D eigenvalue weighted by Gasteiger charge is -2.34. The highest BCUT2D eigenvalue weighted by Crippen LogP contribution is 2.20. The molecule has 1 fully saturated rings. The largest absolute Gasteiger partial charge is 0.379 e. The van der Waals surface area contributed by atoms with Gasteiger partial charge in [-0.3, -0.25) is 14.7 Å². The second kappa shape index (κ2) is 8.24. The highest BCUT2D eigenvalue weighted by molar-refractivity contribution is 6.30. The Labute approximate surface area is 146 Å². The van der Waals surface area contributed by atoms with Crippen LogP contribution in [0.25, 0.3) is 0 Å². The molecule has 1 aromatic heterocycles. The first-order valence-electron chi connectivity index (χ1n) is 7.99. The van der Waals surface area contributed by atoms with Crippen molar-refractivity contribution < 1.29 is 9.53 Å². The highest BCUT2D eigenvalue weighted by Gasteiger charge is 2.23. The molecule has 2 heterocycles. The van der Waals surface area contributed by atoms with Crippen molar-refractivity contribution in [2.75, 3.05) is 32.8 Å². The molecule has 1 amide bonds. The predicted octanol–water partition coefficient (Wildman–Crippen LogP) is 2.54. The molecule has 0 spiro atoms. The Kier molecular flexibility index (Phi) is 5.80. The number of aromatic nitrogens is 1. The molecular formula is C18H20ClN3O2. The molecule has 6 heteroatoms. The number of hydrogen-bond donors (Lipinski definition) is 1. The van der Waals surface area contributed by atoms with E-state index >= 15 is 0 Å². The molecule has 0 bridgehead atoms. The maximum Gasteiger partial charge on any atom is 0.251 e. The number of carbonyl (C=O) groups is 1. The van der Waals surface area contributed by atoms with Gasteiger partial charge < -0.3 is 10.1 Å². The van der Waals surface area contributed by atoms with Crippen LogP contribution in [0.1, 0.15) is 22.0 Å². The van der Waals surface area contributed by atoms with Gasteiger partial charge in [0.05, 0.1) is 19.3 Å². The Morgan fingerprint density at radius 2 is 2.12 bits per heavy atom. The average molecular weight is 346 g/mol. The zero-order valence-corrected chi connectivity index (χ0v) is 14.1. The Balaban J connectivity index is 1.71. The minimum absolute atomic E-state index is 0.0748. The molecule has 1 atom stereocenters. The summed E-state index contributed by atoms with van der Waals surface area (Å²) < 4.78 is 5.43. The summed E-state index contributed by atoms with van der Waals surface area (Å²) in [5.41, 5.74) is 1.65. The summed E-state index contributed by atoms with van der Waals surface area (Å²) in [5.74, 6) is -0.125. The molecule has 0 aliphatic carbocycles. The number of amides is 1. The van der Waals surface area contributed by atoms with Gasteiger partial charge in [0.2, 0.25) is 0 Å². The number of nitrogens with zero attached hydrogens (tertiary/aromatic N) is 2. The van der Waals surface area contributed by atoms with E-state index in [1.807, 2.05) is 18.3 Å². The number of ether oxygens (including phenoxy) is 1. The zero-order valence-electron chi connectivity index (χ0n) is 13.3. The third kappa shape index (κ3) is 4.32. The van der Waals surface area contributed by atoms with Gasteiger partial charge in [0.1, 0.15) is 0 Å². The van der Waals surface area contributed by atoms with E-state index in [0.29, 0.717) is 30.3 Å². The SMILES string of the molecule is O=C(NC[C@@H](c1cccnc1)N1CCOCC1)c1cccc(Cl)c1. The number of pyridine rings is 1. The average Bonchev–Trinajstić information content (AvgIpc) is 2.63. The van der Waals surface area contributed by atoms with E-state index in [-0.39, 0.29) is 11.9 Å². The van der Waals surface area contributed by atoms with Gasteiger partial charge in [-0.25, -0.2) is 0 Å². The number of morpholine rings is 1. The van der Waals surface area contributed by atoms with Crippen molar-refractivity contribution in [2.24, 2.45) is 0 Å². The van der Waals surface area contributed by atoms with Gasteiger partial charge in [-0.15, -0.1) is 0 Å². The number of carbonyl (C=O) groups excluding carboxylic acids is 1. The summed E-state index contributed by atoms with van der Waals surface area (Å²) in [5, 5.41) is 3.57. The minimum atomic E-state index is -0.125. The van der Waals surface area contributed by atoms with E-state index in [1.54, 1.807) is 30.5 Å². The summed E-state index contributed by atoms with van der Waals surface area (Å²) in [7, 11) is 0. The molecule has 24 heavy (non-hydrogen) atoms. The predicted molar refractivity (Wildman–Crippen MR) is 93.2 cm³/mol. The number of nitrogens with one attached hydrogen (secondary N) is 1. The number of hydrogen-bond acceptors (Lipinski definition) is 4. The molecule has 0 saturated carbocycles. The van der Waals surface area contributed by atoms with Gasteiger partial charge in [0.25, 0.3) is 5.91 Å². The Morgan fingerprint density at radius 1 is 1.29 bits per heavy atom. The fourth-order valence-electron chi connectivity index (χ4n) is 2.84.